The second kappa shape index (κ2) is 7.61. The van der Waals surface area contributed by atoms with Gasteiger partial charge in [0.25, 0.3) is 0 Å². The third kappa shape index (κ3) is 3.76. The van der Waals surface area contributed by atoms with E-state index < -0.39 is 0 Å². The molecule has 1 heterocycles. The first-order valence-corrected chi connectivity index (χ1v) is 9.25. The molecule has 4 aromatic rings. The minimum absolute atomic E-state index is 0.855. The van der Waals surface area contributed by atoms with E-state index in [-0.39, 0.29) is 0 Å². The first-order chi connectivity index (χ1) is 13.6. The maximum absolute atomic E-state index is 4.82. The Morgan fingerprint density at radius 2 is 1.54 bits per heavy atom. The molecule has 138 valence electrons. The number of aliphatic imine (C=N–C) groups is 1. The van der Waals surface area contributed by atoms with Gasteiger partial charge < -0.3 is 4.90 Å². The number of aryl methyl sites for hydroxylation is 1. The number of hydrogen-bond donors (Lipinski definition) is 0. The van der Waals surface area contributed by atoms with E-state index in [0.29, 0.717) is 0 Å². The molecule has 3 aromatic carbocycles. The highest BCUT2D eigenvalue weighted by atomic mass is 15.1. The van der Waals surface area contributed by atoms with Gasteiger partial charge in [-0.3, -0.25) is 4.99 Å². The monoisotopic (exact) mass is 366 g/mol. The van der Waals surface area contributed by atoms with Crippen LogP contribution in [0.25, 0.3) is 28.1 Å². The maximum Gasteiger partial charge on any atom is 0.0916 e. The summed E-state index contributed by atoms with van der Waals surface area (Å²) in [6.07, 6.45) is 5.81. The van der Waals surface area contributed by atoms with Crippen LogP contribution >= 0.6 is 0 Å². The molecule has 0 bridgehead atoms. The van der Waals surface area contributed by atoms with Crippen molar-refractivity contribution in [3.63, 3.8) is 0 Å². The van der Waals surface area contributed by atoms with Crippen LogP contribution < -0.4 is 4.90 Å². The Bertz CT molecular complexity index is 1190. The highest BCUT2D eigenvalue weighted by molar-refractivity contribution is 5.90. The summed E-state index contributed by atoms with van der Waals surface area (Å²) in [5.74, 6) is 0. The largest absolute Gasteiger partial charge is 0.378 e. The lowest BCUT2D eigenvalue weighted by Gasteiger charge is -2.12. The molecule has 0 saturated heterocycles. The standard InChI is InChI=1S/C24H22N4/c1-17-14-22-24(27-23-15-19(28(2)3)11-12-20(23)26-22)16-21(17)25-13-7-10-18-8-5-4-6-9-18/h4-16H,1-3H3. The maximum atomic E-state index is 4.82. The molecule has 0 fully saturated rings. The van der Waals surface area contributed by atoms with Gasteiger partial charge in [0.2, 0.25) is 0 Å². The smallest absolute Gasteiger partial charge is 0.0916 e. The lowest BCUT2D eigenvalue weighted by molar-refractivity contribution is 1.13. The van der Waals surface area contributed by atoms with Crippen LogP contribution in [0.4, 0.5) is 11.4 Å². The summed E-state index contributed by atoms with van der Waals surface area (Å²) in [6, 6.07) is 20.4. The Hall–Kier alpha value is -3.53. The number of rotatable bonds is 4. The summed E-state index contributed by atoms with van der Waals surface area (Å²) < 4.78 is 0. The van der Waals surface area contributed by atoms with Crippen LogP contribution in [0.15, 0.2) is 71.7 Å². The van der Waals surface area contributed by atoms with E-state index in [4.69, 9.17) is 9.97 Å². The van der Waals surface area contributed by atoms with E-state index in [1.165, 1.54) is 0 Å². The summed E-state index contributed by atoms with van der Waals surface area (Å²) in [4.78, 5) is 16.3. The topological polar surface area (TPSA) is 41.4 Å². The van der Waals surface area contributed by atoms with Crippen LogP contribution in [-0.4, -0.2) is 30.3 Å². The van der Waals surface area contributed by atoms with Gasteiger partial charge >= 0.3 is 0 Å². The summed E-state index contributed by atoms with van der Waals surface area (Å²) in [5, 5.41) is 0. The van der Waals surface area contributed by atoms with Gasteiger partial charge in [-0.05, 0) is 54.5 Å². The number of allylic oxidation sites excluding steroid dienone is 1. The van der Waals surface area contributed by atoms with Crippen molar-refractivity contribution < 1.29 is 0 Å². The number of anilines is 1. The molecule has 28 heavy (non-hydrogen) atoms. The van der Waals surface area contributed by atoms with Crippen LogP contribution in [-0.2, 0) is 0 Å². The molecule has 0 aliphatic carbocycles. The van der Waals surface area contributed by atoms with Crippen molar-refractivity contribution in [1.82, 2.24) is 9.97 Å². The lowest BCUT2D eigenvalue weighted by atomic mass is 10.1. The molecule has 0 aliphatic rings. The number of aromatic nitrogens is 2. The molecular formula is C24H22N4. The number of fused-ring (bicyclic) bond motifs is 2. The Labute approximate surface area is 164 Å². The number of hydrogen-bond acceptors (Lipinski definition) is 4. The molecule has 4 heteroatoms. The Morgan fingerprint density at radius 3 is 2.32 bits per heavy atom. The second-order valence-corrected chi connectivity index (χ2v) is 6.97. The molecule has 0 spiro atoms. The predicted molar refractivity (Wildman–Crippen MR) is 120 cm³/mol. The summed E-state index contributed by atoms with van der Waals surface area (Å²) >= 11 is 0. The van der Waals surface area contributed by atoms with Crippen LogP contribution in [0.5, 0.6) is 0 Å². The van der Waals surface area contributed by atoms with Gasteiger partial charge in [-0.1, -0.05) is 36.4 Å². The Kier molecular flexibility index (Phi) is 4.85. The molecular weight excluding hydrogens is 344 g/mol. The molecule has 4 nitrogen and oxygen atoms in total. The van der Waals surface area contributed by atoms with Crippen molar-refractivity contribution in [3.8, 4) is 0 Å². The van der Waals surface area contributed by atoms with Crippen LogP contribution in [0.3, 0.4) is 0 Å². The first-order valence-electron chi connectivity index (χ1n) is 9.25. The summed E-state index contributed by atoms with van der Waals surface area (Å²) in [5.41, 5.74) is 7.78. The van der Waals surface area contributed by atoms with Gasteiger partial charge in [0.05, 0.1) is 27.8 Å². The van der Waals surface area contributed by atoms with Crippen molar-refractivity contribution in [1.29, 1.82) is 0 Å². The van der Waals surface area contributed by atoms with E-state index in [0.717, 1.165) is 44.6 Å². The fourth-order valence-electron chi connectivity index (χ4n) is 3.06. The van der Waals surface area contributed by atoms with Gasteiger partial charge in [-0.2, -0.15) is 0 Å². The van der Waals surface area contributed by atoms with E-state index >= 15 is 0 Å². The van der Waals surface area contributed by atoms with E-state index in [1.54, 1.807) is 0 Å². The molecule has 4 rings (SSSR count). The zero-order chi connectivity index (χ0) is 19.5. The minimum Gasteiger partial charge on any atom is -0.378 e. The van der Waals surface area contributed by atoms with Crippen LogP contribution in [0.2, 0.25) is 0 Å². The Morgan fingerprint density at radius 1 is 0.821 bits per heavy atom. The van der Waals surface area contributed by atoms with Gasteiger partial charge in [-0.25, -0.2) is 9.97 Å². The predicted octanol–water partition coefficient (Wildman–Crippen LogP) is 5.57. The molecule has 0 unspecified atom stereocenters. The quantitative estimate of drug-likeness (QED) is 0.350. The van der Waals surface area contributed by atoms with Crippen LogP contribution in [0.1, 0.15) is 11.1 Å². The fourth-order valence-corrected chi connectivity index (χ4v) is 3.06. The third-order valence-electron chi connectivity index (χ3n) is 4.64. The first kappa shape index (κ1) is 17.9. The molecule has 0 atom stereocenters. The van der Waals surface area contributed by atoms with Crippen molar-refractivity contribution in [3.05, 3.63) is 77.9 Å². The van der Waals surface area contributed by atoms with Gasteiger partial charge in [-0.15, -0.1) is 0 Å². The summed E-state index contributed by atoms with van der Waals surface area (Å²) in [7, 11) is 4.05. The average Bonchev–Trinajstić information content (AvgIpc) is 2.70. The number of nitrogens with zero attached hydrogens (tertiary/aromatic N) is 4. The zero-order valence-electron chi connectivity index (χ0n) is 16.3. The van der Waals surface area contributed by atoms with Crippen molar-refractivity contribution in [2.24, 2.45) is 4.99 Å². The molecule has 0 aliphatic heterocycles. The van der Waals surface area contributed by atoms with E-state index in [9.17, 15) is 0 Å². The normalized spacial score (nSPS) is 11.8. The average molecular weight is 366 g/mol. The molecule has 0 amide bonds. The highest BCUT2D eigenvalue weighted by Gasteiger charge is 2.06. The van der Waals surface area contributed by atoms with Gasteiger partial charge in [0.1, 0.15) is 0 Å². The van der Waals surface area contributed by atoms with Gasteiger partial charge in [0.15, 0.2) is 0 Å². The fraction of sp³-hybridized carbons (Fsp3) is 0.125. The highest BCUT2D eigenvalue weighted by Crippen LogP contribution is 2.26. The second-order valence-electron chi connectivity index (χ2n) is 6.97. The van der Waals surface area contributed by atoms with E-state index in [2.05, 4.69) is 40.2 Å². The lowest BCUT2D eigenvalue weighted by Crippen LogP contribution is -2.08. The van der Waals surface area contributed by atoms with E-state index in [1.807, 2.05) is 69.7 Å². The Balaban J connectivity index is 1.68. The molecule has 1 aromatic heterocycles. The third-order valence-corrected chi connectivity index (χ3v) is 4.64. The summed E-state index contributed by atoms with van der Waals surface area (Å²) in [6.45, 7) is 2.05. The molecule has 0 radical (unpaired) electrons. The zero-order valence-corrected chi connectivity index (χ0v) is 16.3. The van der Waals surface area contributed by atoms with Crippen molar-refractivity contribution in [2.45, 2.75) is 6.92 Å². The minimum atomic E-state index is 0.855. The number of benzene rings is 3. The molecule has 0 N–H and O–H groups in total. The van der Waals surface area contributed by atoms with Crippen molar-refractivity contribution >= 4 is 45.7 Å². The SMILES string of the molecule is Cc1cc2nc3ccc(N(C)C)cc3nc2cc1N=CC=Cc1ccccc1. The van der Waals surface area contributed by atoms with Gasteiger partial charge in [0, 0.05) is 26.0 Å². The molecule has 0 saturated carbocycles. The van der Waals surface area contributed by atoms with Crippen molar-refractivity contribution in [2.75, 3.05) is 19.0 Å². The van der Waals surface area contributed by atoms with Crippen LogP contribution in [0, 0.1) is 6.92 Å².